The zero-order chi connectivity index (χ0) is 24.4. The smallest absolute Gasteiger partial charge is 0.322 e. The molecule has 0 aliphatic carbocycles. The Morgan fingerprint density at radius 2 is 1.44 bits per heavy atom. The van der Waals surface area contributed by atoms with E-state index < -0.39 is 69.3 Å². The summed E-state index contributed by atoms with van der Waals surface area (Å²) in [5.74, 6) is -14.1. The molecule has 0 bridgehead atoms. The summed E-state index contributed by atoms with van der Waals surface area (Å²) in [5, 5.41) is 1.46. The fourth-order valence-corrected chi connectivity index (χ4v) is 3.50. The maximum Gasteiger partial charge on any atom is 0.322 e. The predicted molar refractivity (Wildman–Crippen MR) is 101 cm³/mol. The Kier molecular flexibility index (Phi) is 7.57. The third-order valence-corrected chi connectivity index (χ3v) is 6.03. The van der Waals surface area contributed by atoms with E-state index in [2.05, 4.69) is 0 Å². The first-order valence-electron chi connectivity index (χ1n) is 8.82. The molecule has 0 saturated heterocycles. The molecule has 0 fully saturated rings. The molecule has 1 amide bonds. The van der Waals surface area contributed by atoms with Gasteiger partial charge in [-0.05, 0) is 26.0 Å². The number of hydrogen-bond acceptors (Lipinski definition) is 5. The van der Waals surface area contributed by atoms with Gasteiger partial charge in [-0.15, -0.1) is 0 Å². The van der Waals surface area contributed by atoms with Gasteiger partial charge >= 0.3 is 5.97 Å². The van der Waals surface area contributed by atoms with Gasteiger partial charge < -0.3 is 10.1 Å². The van der Waals surface area contributed by atoms with Crippen molar-refractivity contribution in [3.63, 3.8) is 0 Å². The van der Waals surface area contributed by atoms with Crippen molar-refractivity contribution >= 4 is 27.6 Å². The zero-order valence-corrected chi connectivity index (χ0v) is 17.7. The number of hydrogen-bond donors (Lipinski definition) is 1. The quantitative estimate of drug-likeness (QED) is 0.285. The summed E-state index contributed by atoms with van der Waals surface area (Å²) in [4.78, 5) is 23.9. The van der Waals surface area contributed by atoms with Crippen molar-refractivity contribution < 1.29 is 44.7 Å². The van der Waals surface area contributed by atoms with E-state index in [0.29, 0.717) is 4.31 Å². The minimum Gasteiger partial charge on any atom is -0.452 e. The Morgan fingerprint density at radius 3 is 1.94 bits per heavy atom. The van der Waals surface area contributed by atoms with Crippen molar-refractivity contribution in [2.24, 2.45) is 0 Å². The molecule has 7 nitrogen and oxygen atoms in total. The number of aryl methyl sites for hydroxylation is 1. The van der Waals surface area contributed by atoms with E-state index in [4.69, 9.17) is 4.74 Å². The molecule has 0 radical (unpaired) electrons. The van der Waals surface area contributed by atoms with Gasteiger partial charge in [0.25, 0.3) is 5.91 Å². The van der Waals surface area contributed by atoms with Crippen LogP contribution in [-0.4, -0.2) is 44.3 Å². The number of carbonyl (C=O) groups is 2. The number of nitrogens with zero attached hydrogens (tertiary/aromatic N) is 1. The highest BCUT2D eigenvalue weighted by molar-refractivity contribution is 7.89. The molecule has 0 aliphatic heterocycles. The minimum absolute atomic E-state index is 0.101. The Balaban J connectivity index is 2.06. The van der Waals surface area contributed by atoms with Crippen LogP contribution in [0, 0.1) is 36.0 Å². The van der Waals surface area contributed by atoms with Crippen molar-refractivity contribution in [3.8, 4) is 0 Å². The summed E-state index contributed by atoms with van der Waals surface area (Å²) in [7, 11) is -2.99. The summed E-state index contributed by atoms with van der Waals surface area (Å²) < 4.78 is 97.1. The van der Waals surface area contributed by atoms with Crippen LogP contribution in [0.15, 0.2) is 29.2 Å². The molecule has 0 spiro atoms. The second-order valence-corrected chi connectivity index (χ2v) is 8.69. The predicted octanol–water partition coefficient (Wildman–Crippen LogP) is 2.88. The Hall–Kier alpha value is -3.06. The fourth-order valence-electron chi connectivity index (χ4n) is 2.38. The van der Waals surface area contributed by atoms with Gasteiger partial charge in [-0.3, -0.25) is 9.59 Å². The van der Waals surface area contributed by atoms with E-state index in [1.165, 1.54) is 17.4 Å². The Bertz CT molecular complexity index is 1130. The van der Waals surface area contributed by atoms with E-state index in [1.54, 1.807) is 19.1 Å². The number of carbonyl (C=O) groups excluding carboxylic acids is 2. The number of esters is 1. The van der Waals surface area contributed by atoms with Gasteiger partial charge in [0.05, 0.1) is 4.90 Å². The molecule has 0 aliphatic rings. The van der Waals surface area contributed by atoms with Crippen LogP contribution in [0.3, 0.4) is 0 Å². The average Bonchev–Trinajstić information content (AvgIpc) is 2.73. The number of anilines is 1. The van der Waals surface area contributed by atoms with Crippen molar-refractivity contribution in [1.29, 1.82) is 0 Å². The van der Waals surface area contributed by atoms with Gasteiger partial charge in [-0.25, -0.2) is 30.4 Å². The Labute approximate surface area is 179 Å². The lowest BCUT2D eigenvalue weighted by atomic mass is 10.2. The monoisotopic (exact) mass is 480 g/mol. The molecule has 174 valence electrons. The number of likely N-dealkylation sites (N-methyl/N-ethyl adjacent to an activating group) is 1. The number of nitrogens with one attached hydrogen (secondary N) is 1. The maximum atomic E-state index is 13.7. The number of amides is 1. The van der Waals surface area contributed by atoms with Crippen molar-refractivity contribution in [2.45, 2.75) is 24.8 Å². The Morgan fingerprint density at radius 1 is 0.969 bits per heavy atom. The first-order valence-corrected chi connectivity index (χ1v) is 10.3. The topological polar surface area (TPSA) is 92.8 Å². The number of sulfonamides is 1. The van der Waals surface area contributed by atoms with E-state index in [1.807, 2.05) is 0 Å². The molecule has 32 heavy (non-hydrogen) atoms. The molecule has 2 aromatic carbocycles. The van der Waals surface area contributed by atoms with Gasteiger partial charge in [0, 0.05) is 7.05 Å². The highest BCUT2D eigenvalue weighted by atomic mass is 32.2. The molecule has 1 unspecified atom stereocenters. The molecule has 1 atom stereocenters. The van der Waals surface area contributed by atoms with Gasteiger partial charge in [-0.2, -0.15) is 4.31 Å². The van der Waals surface area contributed by atoms with Crippen LogP contribution in [0.25, 0.3) is 0 Å². The van der Waals surface area contributed by atoms with Gasteiger partial charge in [-0.1, -0.05) is 17.7 Å². The van der Waals surface area contributed by atoms with E-state index in [9.17, 15) is 40.0 Å². The van der Waals surface area contributed by atoms with E-state index in [0.717, 1.165) is 19.5 Å². The number of ether oxygens (including phenoxy) is 1. The highest BCUT2D eigenvalue weighted by Crippen LogP contribution is 2.27. The fraction of sp³-hybridized carbons (Fsp3) is 0.263. The second kappa shape index (κ2) is 9.61. The standard InChI is InChI=1S/C19H17F5N2O5S/c1-9-4-6-11(7-5-9)32(29,30)26(3)8-12(27)31-10(2)19(28)25-18-16(23)14(21)13(20)15(22)17(18)24/h4-7,10H,8H2,1-3H3,(H,25,28). The lowest BCUT2D eigenvalue weighted by Crippen LogP contribution is -2.37. The molecule has 13 heteroatoms. The number of halogens is 5. The summed E-state index contributed by atoms with van der Waals surface area (Å²) in [6, 6.07) is 5.74. The first kappa shape index (κ1) is 25.2. The van der Waals surface area contributed by atoms with Gasteiger partial charge in [0.15, 0.2) is 29.4 Å². The van der Waals surface area contributed by atoms with Crippen molar-refractivity contribution in [3.05, 3.63) is 58.9 Å². The molecule has 0 aromatic heterocycles. The van der Waals surface area contributed by atoms with E-state index in [-0.39, 0.29) is 4.90 Å². The third-order valence-electron chi connectivity index (χ3n) is 4.22. The lowest BCUT2D eigenvalue weighted by Gasteiger charge is -2.19. The van der Waals surface area contributed by atoms with Crippen LogP contribution in [-0.2, 0) is 24.3 Å². The van der Waals surface area contributed by atoms with Crippen LogP contribution in [0.1, 0.15) is 12.5 Å². The minimum atomic E-state index is -4.07. The molecule has 1 N–H and O–H groups in total. The maximum absolute atomic E-state index is 13.7. The number of rotatable bonds is 7. The van der Waals surface area contributed by atoms with Crippen molar-refractivity contribution in [2.75, 3.05) is 18.9 Å². The van der Waals surface area contributed by atoms with Crippen LogP contribution < -0.4 is 5.32 Å². The first-order chi connectivity index (χ1) is 14.8. The molecular weight excluding hydrogens is 463 g/mol. The SMILES string of the molecule is Cc1ccc(S(=O)(=O)N(C)CC(=O)OC(C)C(=O)Nc2c(F)c(F)c(F)c(F)c2F)cc1. The molecule has 2 rings (SSSR count). The van der Waals surface area contributed by atoms with Crippen LogP contribution in [0.4, 0.5) is 27.6 Å². The zero-order valence-electron chi connectivity index (χ0n) is 16.9. The normalized spacial score (nSPS) is 12.5. The largest absolute Gasteiger partial charge is 0.452 e. The second-order valence-electron chi connectivity index (χ2n) is 6.64. The van der Waals surface area contributed by atoms with Gasteiger partial charge in [0.2, 0.25) is 15.8 Å². The van der Waals surface area contributed by atoms with Crippen LogP contribution >= 0.6 is 0 Å². The van der Waals surface area contributed by atoms with Crippen LogP contribution in [0.2, 0.25) is 0 Å². The summed E-state index contributed by atoms with van der Waals surface area (Å²) in [5.41, 5.74) is -0.812. The summed E-state index contributed by atoms with van der Waals surface area (Å²) in [6.07, 6.45) is -1.76. The molecule has 2 aromatic rings. The van der Waals surface area contributed by atoms with Gasteiger partial charge in [0.1, 0.15) is 12.2 Å². The average molecular weight is 480 g/mol. The van der Waals surface area contributed by atoms with Crippen LogP contribution in [0.5, 0.6) is 0 Å². The van der Waals surface area contributed by atoms with E-state index >= 15 is 0 Å². The summed E-state index contributed by atoms with van der Waals surface area (Å²) in [6.45, 7) is 1.88. The molecule has 0 saturated carbocycles. The third kappa shape index (κ3) is 5.22. The molecule has 0 heterocycles. The lowest BCUT2D eigenvalue weighted by molar-refractivity contribution is -0.153. The molecular formula is C19H17F5N2O5S. The highest BCUT2D eigenvalue weighted by Gasteiger charge is 2.29. The van der Waals surface area contributed by atoms with Crippen molar-refractivity contribution in [1.82, 2.24) is 4.31 Å². The summed E-state index contributed by atoms with van der Waals surface area (Å²) >= 11 is 0. The number of benzene rings is 2.